The van der Waals surface area contributed by atoms with Crippen molar-refractivity contribution in [2.45, 2.75) is 19.8 Å². The van der Waals surface area contributed by atoms with Gasteiger partial charge in [-0.15, -0.1) is 0 Å². The van der Waals surface area contributed by atoms with Gasteiger partial charge >= 0.3 is 0 Å². The van der Waals surface area contributed by atoms with Crippen molar-refractivity contribution in [3.63, 3.8) is 0 Å². The third-order valence-electron chi connectivity index (χ3n) is 4.73. The van der Waals surface area contributed by atoms with Crippen LogP contribution in [0.1, 0.15) is 28.8 Å². The highest BCUT2D eigenvalue weighted by atomic mass is 35.5. The van der Waals surface area contributed by atoms with Gasteiger partial charge in [0.1, 0.15) is 0 Å². The monoisotopic (exact) mass is 356 g/mol. The van der Waals surface area contributed by atoms with Crippen molar-refractivity contribution in [2.24, 2.45) is 11.7 Å². The van der Waals surface area contributed by atoms with Gasteiger partial charge in [-0.2, -0.15) is 0 Å². The predicted octanol–water partition coefficient (Wildman–Crippen LogP) is 3.65. The molecule has 0 spiro atoms. The summed E-state index contributed by atoms with van der Waals surface area (Å²) in [5.41, 5.74) is 9.13. The van der Waals surface area contributed by atoms with Gasteiger partial charge in [-0.25, -0.2) is 0 Å². The summed E-state index contributed by atoms with van der Waals surface area (Å²) in [7, 11) is 0. The molecule has 1 aliphatic rings. The number of rotatable bonds is 3. The highest BCUT2D eigenvalue weighted by Gasteiger charge is 2.27. The fourth-order valence-corrected chi connectivity index (χ4v) is 3.32. The molecule has 1 heterocycles. The Hall–Kier alpha value is -2.33. The lowest BCUT2D eigenvalue weighted by Gasteiger charge is -2.31. The summed E-state index contributed by atoms with van der Waals surface area (Å²) in [6.07, 6.45) is 1.56. The number of benzene rings is 2. The number of carbonyl (C=O) groups is 2. The minimum Gasteiger partial charge on any atom is -0.369 e. The summed E-state index contributed by atoms with van der Waals surface area (Å²) in [6, 6.07) is 13.4. The van der Waals surface area contributed by atoms with E-state index < -0.39 is 0 Å². The van der Waals surface area contributed by atoms with E-state index in [1.165, 1.54) is 0 Å². The molecule has 1 atom stereocenters. The number of likely N-dealkylation sites (tertiary alicyclic amines) is 1. The first-order chi connectivity index (χ1) is 12.0. The van der Waals surface area contributed by atoms with Gasteiger partial charge in [-0.05, 0) is 60.7 Å². The van der Waals surface area contributed by atoms with Crippen LogP contribution in [0.5, 0.6) is 0 Å². The third kappa shape index (κ3) is 3.85. The zero-order valence-electron chi connectivity index (χ0n) is 14.2. The average molecular weight is 357 g/mol. The van der Waals surface area contributed by atoms with Crippen LogP contribution in [-0.2, 0) is 4.79 Å². The van der Waals surface area contributed by atoms with E-state index in [4.69, 9.17) is 17.3 Å². The highest BCUT2D eigenvalue weighted by molar-refractivity contribution is 6.31. The molecule has 25 heavy (non-hydrogen) atoms. The lowest BCUT2D eigenvalue weighted by molar-refractivity contribution is -0.123. The van der Waals surface area contributed by atoms with E-state index in [1.807, 2.05) is 49.4 Å². The zero-order valence-corrected chi connectivity index (χ0v) is 14.9. The molecule has 1 aliphatic heterocycles. The summed E-state index contributed by atoms with van der Waals surface area (Å²) in [4.78, 5) is 25.8. The molecule has 1 fully saturated rings. The number of hydrogen-bond donors (Lipinski definition) is 1. The molecule has 2 aromatic rings. The predicted molar refractivity (Wildman–Crippen MR) is 99.4 cm³/mol. The standard InChI is InChI=1S/C20H21ClN2O2/c1-13-11-16(8-9-18(13)21)14-4-6-15(7-5-14)20(25)23-10-2-3-17(12-23)19(22)24/h4-9,11,17H,2-3,10,12H2,1H3,(H2,22,24)/t17-/m1/s1. The molecule has 2 aromatic carbocycles. The minimum atomic E-state index is -0.328. The van der Waals surface area contributed by atoms with E-state index in [-0.39, 0.29) is 17.7 Å². The molecule has 130 valence electrons. The van der Waals surface area contributed by atoms with E-state index in [0.29, 0.717) is 18.7 Å². The van der Waals surface area contributed by atoms with Crippen molar-refractivity contribution in [3.05, 3.63) is 58.6 Å². The van der Waals surface area contributed by atoms with Crippen molar-refractivity contribution in [1.82, 2.24) is 4.90 Å². The van der Waals surface area contributed by atoms with Crippen molar-refractivity contribution in [3.8, 4) is 11.1 Å². The molecule has 0 bridgehead atoms. The van der Waals surface area contributed by atoms with Gasteiger partial charge in [0.2, 0.25) is 5.91 Å². The number of halogens is 1. The number of amides is 2. The number of nitrogens with zero attached hydrogens (tertiary/aromatic N) is 1. The van der Waals surface area contributed by atoms with Crippen LogP contribution in [0.2, 0.25) is 5.02 Å². The molecule has 0 unspecified atom stereocenters. The molecule has 0 aromatic heterocycles. The first kappa shape index (κ1) is 17.5. The Morgan fingerprint density at radius 3 is 2.44 bits per heavy atom. The lowest BCUT2D eigenvalue weighted by Crippen LogP contribution is -2.44. The van der Waals surface area contributed by atoms with E-state index in [1.54, 1.807) is 4.90 Å². The molecule has 0 aliphatic carbocycles. The Balaban J connectivity index is 1.76. The molecule has 2 N–H and O–H groups in total. The Kier molecular flexibility index (Phi) is 5.09. The van der Waals surface area contributed by atoms with Gasteiger partial charge in [0.15, 0.2) is 0 Å². The maximum Gasteiger partial charge on any atom is 0.253 e. The third-order valence-corrected chi connectivity index (χ3v) is 5.16. The van der Waals surface area contributed by atoms with Crippen molar-refractivity contribution >= 4 is 23.4 Å². The van der Waals surface area contributed by atoms with Crippen LogP contribution in [0.25, 0.3) is 11.1 Å². The smallest absolute Gasteiger partial charge is 0.253 e. The van der Waals surface area contributed by atoms with Crippen LogP contribution in [-0.4, -0.2) is 29.8 Å². The second-order valence-electron chi connectivity index (χ2n) is 6.53. The van der Waals surface area contributed by atoms with Crippen LogP contribution in [0.3, 0.4) is 0 Å². The normalized spacial score (nSPS) is 17.4. The number of hydrogen-bond acceptors (Lipinski definition) is 2. The lowest BCUT2D eigenvalue weighted by atomic mass is 9.96. The summed E-state index contributed by atoms with van der Waals surface area (Å²) < 4.78 is 0. The van der Waals surface area contributed by atoms with Crippen molar-refractivity contribution < 1.29 is 9.59 Å². The van der Waals surface area contributed by atoms with Crippen molar-refractivity contribution in [1.29, 1.82) is 0 Å². The molecule has 0 radical (unpaired) electrons. The van der Waals surface area contributed by atoms with Gasteiger partial charge in [0.05, 0.1) is 5.92 Å². The first-order valence-electron chi connectivity index (χ1n) is 8.41. The maximum atomic E-state index is 12.7. The summed E-state index contributed by atoms with van der Waals surface area (Å²) in [6.45, 7) is 3.04. The fraction of sp³-hybridized carbons (Fsp3) is 0.300. The Morgan fingerprint density at radius 2 is 1.80 bits per heavy atom. The average Bonchev–Trinajstić information content (AvgIpc) is 2.63. The Labute approximate surface area is 152 Å². The number of nitrogens with two attached hydrogens (primary N) is 1. The van der Waals surface area contributed by atoms with Gasteiger partial charge in [0, 0.05) is 23.7 Å². The largest absolute Gasteiger partial charge is 0.369 e. The number of aryl methyl sites for hydroxylation is 1. The highest BCUT2D eigenvalue weighted by Crippen LogP contribution is 2.26. The summed E-state index contributed by atoms with van der Waals surface area (Å²) in [5.74, 6) is -0.621. The molecule has 2 amide bonds. The van der Waals surface area contributed by atoms with Gasteiger partial charge in [0.25, 0.3) is 5.91 Å². The number of primary amides is 1. The maximum absolute atomic E-state index is 12.7. The quantitative estimate of drug-likeness (QED) is 0.912. The fourth-order valence-electron chi connectivity index (χ4n) is 3.21. The van der Waals surface area contributed by atoms with Crippen molar-refractivity contribution in [2.75, 3.05) is 13.1 Å². The Bertz CT molecular complexity index is 802. The van der Waals surface area contributed by atoms with E-state index in [2.05, 4.69) is 0 Å². The summed E-state index contributed by atoms with van der Waals surface area (Å²) in [5, 5.41) is 0.740. The van der Waals surface area contributed by atoms with Gasteiger partial charge in [-0.3, -0.25) is 9.59 Å². The minimum absolute atomic E-state index is 0.0511. The van der Waals surface area contributed by atoms with Crippen LogP contribution >= 0.6 is 11.6 Å². The van der Waals surface area contributed by atoms with Gasteiger partial charge in [-0.1, -0.05) is 29.8 Å². The molecule has 1 saturated heterocycles. The first-order valence-corrected chi connectivity index (χ1v) is 8.78. The second kappa shape index (κ2) is 7.28. The molecule has 0 saturated carbocycles. The molecule has 5 heteroatoms. The van der Waals surface area contributed by atoms with E-state index in [0.717, 1.165) is 34.6 Å². The molecule has 4 nitrogen and oxygen atoms in total. The molecular formula is C20H21ClN2O2. The number of carbonyl (C=O) groups excluding carboxylic acids is 2. The van der Waals surface area contributed by atoms with Crippen LogP contribution in [0, 0.1) is 12.8 Å². The van der Waals surface area contributed by atoms with Crippen LogP contribution in [0.15, 0.2) is 42.5 Å². The van der Waals surface area contributed by atoms with Crippen LogP contribution < -0.4 is 5.73 Å². The van der Waals surface area contributed by atoms with E-state index >= 15 is 0 Å². The molecule has 3 rings (SSSR count). The van der Waals surface area contributed by atoms with E-state index in [9.17, 15) is 9.59 Å². The second-order valence-corrected chi connectivity index (χ2v) is 6.94. The van der Waals surface area contributed by atoms with Gasteiger partial charge < -0.3 is 10.6 Å². The topological polar surface area (TPSA) is 63.4 Å². The van der Waals surface area contributed by atoms with Crippen LogP contribution in [0.4, 0.5) is 0 Å². The summed E-state index contributed by atoms with van der Waals surface area (Å²) >= 11 is 6.07. The molecular weight excluding hydrogens is 336 g/mol. The number of piperidine rings is 1. The zero-order chi connectivity index (χ0) is 18.0. The SMILES string of the molecule is Cc1cc(-c2ccc(C(=O)N3CCC[C@@H](C(N)=O)C3)cc2)ccc1Cl. The Morgan fingerprint density at radius 1 is 1.12 bits per heavy atom.